The van der Waals surface area contributed by atoms with Crippen molar-refractivity contribution in [3.05, 3.63) is 0 Å². The van der Waals surface area contributed by atoms with Crippen molar-refractivity contribution in [3.8, 4) is 0 Å². The van der Waals surface area contributed by atoms with Gasteiger partial charge in [-0.2, -0.15) is 0 Å². The van der Waals surface area contributed by atoms with Crippen LogP contribution in [0.1, 0.15) is 32.6 Å². The second-order valence-corrected chi connectivity index (χ2v) is 4.35. The van der Waals surface area contributed by atoms with Gasteiger partial charge in [-0.25, -0.2) is 0 Å². The highest BCUT2D eigenvalue weighted by Gasteiger charge is 2.16. The zero-order valence-electron chi connectivity index (χ0n) is 9.83. The maximum absolute atomic E-state index is 5.73. The lowest BCUT2D eigenvalue weighted by molar-refractivity contribution is 0.179. The lowest BCUT2D eigenvalue weighted by Crippen LogP contribution is -2.40. The van der Waals surface area contributed by atoms with Crippen molar-refractivity contribution in [1.82, 2.24) is 5.32 Å². The first kappa shape index (κ1) is 12.3. The summed E-state index contributed by atoms with van der Waals surface area (Å²) in [6.45, 7) is 3.53. The molecule has 1 rings (SSSR count). The number of rotatable bonds is 6. The van der Waals surface area contributed by atoms with Gasteiger partial charge in [0.15, 0.2) is 5.96 Å². The van der Waals surface area contributed by atoms with Crippen LogP contribution in [0.5, 0.6) is 0 Å². The first-order valence-electron chi connectivity index (χ1n) is 5.77. The molecule has 1 fully saturated rings. The van der Waals surface area contributed by atoms with E-state index in [9.17, 15) is 0 Å². The van der Waals surface area contributed by atoms with Crippen molar-refractivity contribution >= 4 is 5.96 Å². The number of nitrogens with two attached hydrogens (primary N) is 1. The average Bonchev–Trinajstić information content (AvgIpc) is 2.09. The molecule has 88 valence electrons. The molecule has 1 atom stereocenters. The monoisotopic (exact) mass is 213 g/mol. The van der Waals surface area contributed by atoms with Crippen LogP contribution in [-0.4, -0.2) is 32.3 Å². The van der Waals surface area contributed by atoms with E-state index in [1.165, 1.54) is 25.7 Å². The minimum atomic E-state index is 0.224. The molecule has 0 aromatic carbocycles. The molecule has 0 heterocycles. The lowest BCUT2D eigenvalue weighted by atomic mass is 9.83. The standard InChI is InChI=1S/C11H23N3O/c1-9(8-15-2)14-11(12)13-7-6-10-4-3-5-10/h9-10H,3-8H2,1-2H3,(H3,12,13,14). The molecule has 1 aliphatic rings. The summed E-state index contributed by atoms with van der Waals surface area (Å²) in [6.07, 6.45) is 5.33. The Morgan fingerprint density at radius 1 is 1.60 bits per heavy atom. The molecule has 1 saturated carbocycles. The van der Waals surface area contributed by atoms with Crippen molar-refractivity contribution in [3.63, 3.8) is 0 Å². The average molecular weight is 213 g/mol. The van der Waals surface area contributed by atoms with E-state index >= 15 is 0 Å². The number of ether oxygens (including phenoxy) is 1. The van der Waals surface area contributed by atoms with Crippen molar-refractivity contribution in [2.75, 3.05) is 20.3 Å². The summed E-state index contributed by atoms with van der Waals surface area (Å²) in [4.78, 5) is 4.30. The molecular formula is C11H23N3O. The van der Waals surface area contributed by atoms with E-state index in [1.807, 2.05) is 6.92 Å². The van der Waals surface area contributed by atoms with E-state index in [4.69, 9.17) is 10.5 Å². The molecule has 4 heteroatoms. The van der Waals surface area contributed by atoms with Crippen LogP contribution in [0.2, 0.25) is 0 Å². The van der Waals surface area contributed by atoms with Crippen molar-refractivity contribution < 1.29 is 4.74 Å². The van der Waals surface area contributed by atoms with Crippen LogP contribution in [0, 0.1) is 5.92 Å². The Kier molecular flexibility index (Phi) is 5.47. The molecule has 0 aliphatic heterocycles. The Balaban J connectivity index is 2.08. The fourth-order valence-corrected chi connectivity index (χ4v) is 1.74. The van der Waals surface area contributed by atoms with Gasteiger partial charge in [-0.05, 0) is 19.3 Å². The Hall–Kier alpha value is -0.770. The molecule has 15 heavy (non-hydrogen) atoms. The number of hydrogen-bond donors (Lipinski definition) is 2. The smallest absolute Gasteiger partial charge is 0.188 e. The minimum absolute atomic E-state index is 0.224. The zero-order chi connectivity index (χ0) is 11.1. The molecule has 0 spiro atoms. The highest BCUT2D eigenvalue weighted by molar-refractivity contribution is 5.78. The summed E-state index contributed by atoms with van der Waals surface area (Å²) >= 11 is 0. The van der Waals surface area contributed by atoms with Crippen molar-refractivity contribution in [1.29, 1.82) is 0 Å². The van der Waals surface area contributed by atoms with Crippen molar-refractivity contribution in [2.24, 2.45) is 16.6 Å². The number of nitrogens with one attached hydrogen (secondary N) is 1. The predicted molar refractivity (Wildman–Crippen MR) is 62.9 cm³/mol. The second kappa shape index (κ2) is 6.67. The van der Waals surface area contributed by atoms with Crippen LogP contribution >= 0.6 is 0 Å². The summed E-state index contributed by atoms with van der Waals surface area (Å²) in [5.41, 5.74) is 5.73. The summed E-state index contributed by atoms with van der Waals surface area (Å²) in [5.74, 6) is 1.44. The van der Waals surface area contributed by atoms with Crippen LogP contribution in [0.3, 0.4) is 0 Å². The maximum Gasteiger partial charge on any atom is 0.188 e. The Morgan fingerprint density at radius 2 is 2.33 bits per heavy atom. The van der Waals surface area contributed by atoms with Crippen LogP contribution in [0.15, 0.2) is 4.99 Å². The molecule has 0 aromatic rings. The fraction of sp³-hybridized carbons (Fsp3) is 0.909. The van der Waals surface area contributed by atoms with Gasteiger partial charge in [0.1, 0.15) is 0 Å². The molecule has 3 N–H and O–H groups in total. The van der Waals surface area contributed by atoms with E-state index in [2.05, 4.69) is 10.3 Å². The van der Waals surface area contributed by atoms with Gasteiger partial charge in [0.25, 0.3) is 0 Å². The van der Waals surface area contributed by atoms with Crippen LogP contribution < -0.4 is 11.1 Å². The SMILES string of the molecule is COCC(C)NC(N)=NCCC1CCC1. The molecule has 0 aromatic heterocycles. The van der Waals surface area contributed by atoms with Gasteiger partial charge in [-0.15, -0.1) is 0 Å². The highest BCUT2D eigenvalue weighted by Crippen LogP contribution is 2.28. The molecule has 0 amide bonds. The molecule has 1 aliphatic carbocycles. The van der Waals surface area contributed by atoms with Gasteiger partial charge < -0.3 is 15.8 Å². The molecule has 0 saturated heterocycles. The van der Waals surface area contributed by atoms with Crippen molar-refractivity contribution in [2.45, 2.75) is 38.6 Å². The third kappa shape index (κ3) is 5.02. The van der Waals surface area contributed by atoms with E-state index in [1.54, 1.807) is 7.11 Å². The first-order chi connectivity index (χ1) is 7.22. The quantitative estimate of drug-likeness (QED) is 0.513. The van der Waals surface area contributed by atoms with E-state index in [0.717, 1.165) is 12.5 Å². The van der Waals surface area contributed by atoms with E-state index in [-0.39, 0.29) is 6.04 Å². The Morgan fingerprint density at radius 3 is 2.87 bits per heavy atom. The third-order valence-electron chi connectivity index (χ3n) is 2.86. The fourth-order valence-electron chi connectivity index (χ4n) is 1.74. The van der Waals surface area contributed by atoms with Crippen LogP contribution in [0.25, 0.3) is 0 Å². The molecule has 0 bridgehead atoms. The van der Waals surface area contributed by atoms with Crippen LogP contribution in [-0.2, 0) is 4.74 Å². The predicted octanol–water partition coefficient (Wildman–Crippen LogP) is 1.12. The van der Waals surface area contributed by atoms with Gasteiger partial charge in [0, 0.05) is 19.7 Å². The molecular weight excluding hydrogens is 190 g/mol. The Bertz CT molecular complexity index is 202. The Labute approximate surface area is 92.3 Å². The largest absolute Gasteiger partial charge is 0.383 e. The third-order valence-corrected chi connectivity index (χ3v) is 2.86. The van der Waals surface area contributed by atoms with Gasteiger partial charge >= 0.3 is 0 Å². The minimum Gasteiger partial charge on any atom is -0.383 e. The van der Waals surface area contributed by atoms with Gasteiger partial charge in [-0.1, -0.05) is 19.3 Å². The lowest BCUT2D eigenvalue weighted by Gasteiger charge is -2.24. The number of aliphatic imine (C=N–C) groups is 1. The molecule has 0 radical (unpaired) electrons. The van der Waals surface area contributed by atoms with Crippen LogP contribution in [0.4, 0.5) is 0 Å². The first-order valence-corrected chi connectivity index (χ1v) is 5.77. The zero-order valence-corrected chi connectivity index (χ0v) is 9.83. The van der Waals surface area contributed by atoms with E-state index in [0.29, 0.717) is 12.6 Å². The number of nitrogens with zero attached hydrogens (tertiary/aromatic N) is 1. The van der Waals surface area contributed by atoms with E-state index < -0.39 is 0 Å². The van der Waals surface area contributed by atoms with Gasteiger partial charge in [0.05, 0.1) is 6.61 Å². The maximum atomic E-state index is 5.73. The number of hydrogen-bond acceptors (Lipinski definition) is 2. The molecule has 4 nitrogen and oxygen atoms in total. The summed E-state index contributed by atoms with van der Waals surface area (Å²) in [5, 5.41) is 3.09. The number of guanidine groups is 1. The summed E-state index contributed by atoms with van der Waals surface area (Å²) < 4.78 is 5.00. The van der Waals surface area contributed by atoms with Gasteiger partial charge in [-0.3, -0.25) is 4.99 Å². The number of methoxy groups -OCH3 is 1. The highest BCUT2D eigenvalue weighted by atomic mass is 16.5. The molecule has 1 unspecified atom stereocenters. The second-order valence-electron chi connectivity index (χ2n) is 4.35. The summed E-state index contributed by atoms with van der Waals surface area (Å²) in [6, 6.07) is 0.224. The van der Waals surface area contributed by atoms with Gasteiger partial charge in [0.2, 0.25) is 0 Å². The summed E-state index contributed by atoms with van der Waals surface area (Å²) in [7, 11) is 1.68. The topological polar surface area (TPSA) is 59.6 Å². The normalized spacial score (nSPS) is 19.7.